The molecule has 0 saturated carbocycles. The molecule has 2 unspecified atom stereocenters. The number of hydrogen-bond donors (Lipinski definition) is 2. The van der Waals surface area contributed by atoms with Crippen molar-refractivity contribution in [3.63, 3.8) is 0 Å². The summed E-state index contributed by atoms with van der Waals surface area (Å²) < 4.78 is 5.44. The van der Waals surface area contributed by atoms with Gasteiger partial charge >= 0.3 is 0 Å². The van der Waals surface area contributed by atoms with E-state index < -0.39 is 0 Å². The number of amides is 1. The van der Waals surface area contributed by atoms with E-state index in [-0.39, 0.29) is 17.8 Å². The molecule has 92 valence electrons. The summed E-state index contributed by atoms with van der Waals surface area (Å²) in [4.78, 5) is 15.7. The molecule has 2 heterocycles. The van der Waals surface area contributed by atoms with Crippen LogP contribution in [0.15, 0.2) is 18.3 Å². The first kappa shape index (κ1) is 11.9. The SMILES string of the molecule is CC1OCCC1CNC(=O)c1cccnc1N. The maximum atomic E-state index is 11.9. The van der Waals surface area contributed by atoms with Gasteiger partial charge in [-0.3, -0.25) is 4.79 Å². The van der Waals surface area contributed by atoms with Crippen LogP contribution in [0.2, 0.25) is 0 Å². The maximum Gasteiger partial charge on any atom is 0.255 e. The number of nitrogen functional groups attached to an aromatic ring is 1. The molecule has 2 rings (SSSR count). The first-order valence-electron chi connectivity index (χ1n) is 5.79. The summed E-state index contributed by atoms with van der Waals surface area (Å²) in [7, 11) is 0. The molecule has 0 bridgehead atoms. The second-order valence-corrected chi connectivity index (χ2v) is 4.27. The van der Waals surface area contributed by atoms with Crippen LogP contribution < -0.4 is 11.1 Å². The molecule has 1 aromatic heterocycles. The third kappa shape index (κ3) is 2.74. The molecule has 1 aromatic rings. The van der Waals surface area contributed by atoms with E-state index in [0.717, 1.165) is 13.0 Å². The molecular formula is C12H17N3O2. The van der Waals surface area contributed by atoms with Gasteiger partial charge in [-0.05, 0) is 25.5 Å². The molecule has 3 N–H and O–H groups in total. The lowest BCUT2D eigenvalue weighted by Gasteiger charge is -2.14. The fourth-order valence-corrected chi connectivity index (χ4v) is 1.97. The minimum absolute atomic E-state index is 0.172. The summed E-state index contributed by atoms with van der Waals surface area (Å²) in [6.07, 6.45) is 2.77. The monoisotopic (exact) mass is 235 g/mol. The Morgan fingerprint density at radius 3 is 3.18 bits per heavy atom. The van der Waals surface area contributed by atoms with Gasteiger partial charge in [0.25, 0.3) is 5.91 Å². The van der Waals surface area contributed by atoms with Gasteiger partial charge in [0.05, 0.1) is 11.7 Å². The number of aromatic nitrogens is 1. The smallest absolute Gasteiger partial charge is 0.255 e. The highest BCUT2D eigenvalue weighted by molar-refractivity contribution is 5.98. The summed E-state index contributed by atoms with van der Waals surface area (Å²) in [6.45, 7) is 3.42. The lowest BCUT2D eigenvalue weighted by molar-refractivity contribution is 0.0908. The number of nitrogens with one attached hydrogen (secondary N) is 1. The third-order valence-corrected chi connectivity index (χ3v) is 3.14. The number of nitrogens with zero attached hydrogens (tertiary/aromatic N) is 1. The van der Waals surface area contributed by atoms with Gasteiger partial charge in [0.2, 0.25) is 0 Å². The zero-order chi connectivity index (χ0) is 12.3. The van der Waals surface area contributed by atoms with Crippen LogP contribution >= 0.6 is 0 Å². The molecule has 0 radical (unpaired) electrons. The number of nitrogens with two attached hydrogens (primary N) is 1. The van der Waals surface area contributed by atoms with Crippen LogP contribution in [0.25, 0.3) is 0 Å². The average molecular weight is 235 g/mol. The Kier molecular flexibility index (Phi) is 3.58. The highest BCUT2D eigenvalue weighted by Crippen LogP contribution is 2.19. The molecule has 2 atom stereocenters. The number of carbonyl (C=O) groups is 1. The fourth-order valence-electron chi connectivity index (χ4n) is 1.97. The number of hydrogen-bond acceptors (Lipinski definition) is 4. The van der Waals surface area contributed by atoms with Crippen LogP contribution in [0, 0.1) is 5.92 Å². The number of carbonyl (C=O) groups excluding carboxylic acids is 1. The molecule has 0 spiro atoms. The van der Waals surface area contributed by atoms with Crippen molar-refractivity contribution in [2.45, 2.75) is 19.4 Å². The van der Waals surface area contributed by atoms with Crippen molar-refractivity contribution >= 4 is 11.7 Å². The average Bonchev–Trinajstić information content (AvgIpc) is 2.72. The topological polar surface area (TPSA) is 77.2 Å². The third-order valence-electron chi connectivity index (χ3n) is 3.14. The first-order chi connectivity index (χ1) is 8.18. The highest BCUT2D eigenvalue weighted by Gasteiger charge is 2.24. The zero-order valence-electron chi connectivity index (χ0n) is 9.85. The Bertz CT molecular complexity index is 408. The standard InChI is InChI=1S/C12H17N3O2/c1-8-9(4-6-17-8)7-15-12(16)10-3-2-5-14-11(10)13/h2-3,5,8-9H,4,6-7H2,1H3,(H2,13,14)(H,15,16). The van der Waals surface area contributed by atoms with Crippen molar-refractivity contribution in [2.24, 2.45) is 5.92 Å². The van der Waals surface area contributed by atoms with Crippen molar-refractivity contribution in [1.29, 1.82) is 0 Å². The minimum Gasteiger partial charge on any atom is -0.383 e. The minimum atomic E-state index is -0.172. The molecule has 1 amide bonds. The van der Waals surface area contributed by atoms with E-state index in [2.05, 4.69) is 10.3 Å². The van der Waals surface area contributed by atoms with Crippen LogP contribution in [0.3, 0.4) is 0 Å². The van der Waals surface area contributed by atoms with Crippen molar-refractivity contribution in [2.75, 3.05) is 18.9 Å². The maximum absolute atomic E-state index is 11.9. The Balaban J connectivity index is 1.91. The Hall–Kier alpha value is -1.62. The zero-order valence-corrected chi connectivity index (χ0v) is 9.85. The van der Waals surface area contributed by atoms with Gasteiger partial charge < -0.3 is 15.8 Å². The Morgan fingerprint density at radius 2 is 2.53 bits per heavy atom. The van der Waals surface area contributed by atoms with E-state index >= 15 is 0 Å². The van der Waals surface area contributed by atoms with E-state index in [9.17, 15) is 4.79 Å². The van der Waals surface area contributed by atoms with Gasteiger partial charge in [0, 0.05) is 25.3 Å². The predicted octanol–water partition coefficient (Wildman–Crippen LogP) is 0.819. The molecule has 0 aromatic carbocycles. The van der Waals surface area contributed by atoms with Gasteiger partial charge in [0.1, 0.15) is 5.82 Å². The van der Waals surface area contributed by atoms with Gasteiger partial charge in [0.15, 0.2) is 0 Å². The number of pyridine rings is 1. The van der Waals surface area contributed by atoms with Crippen molar-refractivity contribution in [3.8, 4) is 0 Å². The quantitative estimate of drug-likeness (QED) is 0.813. The molecule has 1 aliphatic rings. The Labute approximate surface area is 100 Å². The first-order valence-corrected chi connectivity index (χ1v) is 5.79. The van der Waals surface area contributed by atoms with E-state index in [1.165, 1.54) is 0 Å². The lowest BCUT2D eigenvalue weighted by Crippen LogP contribution is -2.32. The van der Waals surface area contributed by atoms with E-state index in [1.807, 2.05) is 6.92 Å². The van der Waals surface area contributed by atoms with E-state index in [0.29, 0.717) is 18.0 Å². The van der Waals surface area contributed by atoms with Gasteiger partial charge in [-0.15, -0.1) is 0 Å². The van der Waals surface area contributed by atoms with Crippen molar-refractivity contribution in [3.05, 3.63) is 23.9 Å². The highest BCUT2D eigenvalue weighted by atomic mass is 16.5. The van der Waals surface area contributed by atoms with Crippen LogP contribution in [0.1, 0.15) is 23.7 Å². The van der Waals surface area contributed by atoms with Crippen molar-refractivity contribution in [1.82, 2.24) is 10.3 Å². The molecule has 5 heteroatoms. The number of ether oxygens (including phenoxy) is 1. The number of rotatable bonds is 3. The molecule has 1 fully saturated rings. The van der Waals surface area contributed by atoms with E-state index in [1.54, 1.807) is 18.3 Å². The van der Waals surface area contributed by atoms with Crippen LogP contribution in [-0.2, 0) is 4.74 Å². The largest absolute Gasteiger partial charge is 0.383 e. The normalized spacial score (nSPS) is 23.6. The number of anilines is 1. The summed E-state index contributed by atoms with van der Waals surface area (Å²) in [6, 6.07) is 3.37. The second-order valence-electron chi connectivity index (χ2n) is 4.27. The summed E-state index contributed by atoms with van der Waals surface area (Å²) >= 11 is 0. The van der Waals surface area contributed by atoms with Crippen LogP contribution in [0.4, 0.5) is 5.82 Å². The van der Waals surface area contributed by atoms with Gasteiger partial charge in [-0.25, -0.2) is 4.98 Å². The molecule has 0 aliphatic carbocycles. The van der Waals surface area contributed by atoms with Gasteiger partial charge in [-0.1, -0.05) is 0 Å². The van der Waals surface area contributed by atoms with Gasteiger partial charge in [-0.2, -0.15) is 0 Å². The molecule has 17 heavy (non-hydrogen) atoms. The van der Waals surface area contributed by atoms with Crippen LogP contribution in [0.5, 0.6) is 0 Å². The molecular weight excluding hydrogens is 218 g/mol. The van der Waals surface area contributed by atoms with Crippen LogP contribution in [-0.4, -0.2) is 30.1 Å². The molecule has 1 saturated heterocycles. The molecule has 5 nitrogen and oxygen atoms in total. The lowest BCUT2D eigenvalue weighted by atomic mass is 10.0. The summed E-state index contributed by atoms with van der Waals surface area (Å²) in [5.41, 5.74) is 6.07. The predicted molar refractivity (Wildman–Crippen MR) is 64.5 cm³/mol. The second kappa shape index (κ2) is 5.14. The summed E-state index contributed by atoms with van der Waals surface area (Å²) in [5.74, 6) is 0.479. The molecule has 1 aliphatic heterocycles. The Morgan fingerprint density at radius 1 is 1.71 bits per heavy atom. The fraction of sp³-hybridized carbons (Fsp3) is 0.500. The summed E-state index contributed by atoms with van der Waals surface area (Å²) in [5, 5.41) is 2.87. The van der Waals surface area contributed by atoms with E-state index in [4.69, 9.17) is 10.5 Å². The van der Waals surface area contributed by atoms with Crippen molar-refractivity contribution < 1.29 is 9.53 Å².